The van der Waals surface area contributed by atoms with Gasteiger partial charge in [-0.15, -0.1) is 0 Å². The predicted octanol–water partition coefficient (Wildman–Crippen LogP) is 2.08. The minimum absolute atomic E-state index is 0.0749. The van der Waals surface area contributed by atoms with Crippen molar-refractivity contribution in [1.29, 1.82) is 5.26 Å². The molecule has 3 atom stereocenters. The Balaban J connectivity index is 1.80. The molecule has 24 heavy (non-hydrogen) atoms. The van der Waals surface area contributed by atoms with Crippen molar-refractivity contribution in [1.82, 2.24) is 4.90 Å². The van der Waals surface area contributed by atoms with Crippen molar-refractivity contribution < 1.29 is 14.6 Å². The number of aliphatic hydroxyl groups excluding tert-OH is 1. The monoisotopic (exact) mass is 326 g/mol. The second kappa shape index (κ2) is 7.16. The zero-order valence-corrected chi connectivity index (χ0v) is 13.8. The standard InChI is InChI=1S/C19H22N2O3/c1-24-12-18(23)21-16(10-20)19(17(21)11-22)15-8-6-14(7-9-15)13-4-2-3-5-13/h4,6-9,16-17,19,22H,2-3,5,11-12H2,1H3/t16-,17-,19-/m1/s1. The molecule has 1 aliphatic heterocycles. The first-order chi connectivity index (χ1) is 11.7. The Kier molecular flexibility index (Phi) is 4.98. The first-order valence-corrected chi connectivity index (χ1v) is 8.31. The number of hydrogen-bond acceptors (Lipinski definition) is 4. The Morgan fingerprint density at radius 1 is 1.42 bits per heavy atom. The van der Waals surface area contributed by atoms with Crippen LogP contribution in [-0.4, -0.2) is 48.3 Å². The van der Waals surface area contributed by atoms with E-state index in [0.717, 1.165) is 18.4 Å². The normalized spacial score (nSPS) is 25.8. The summed E-state index contributed by atoms with van der Waals surface area (Å²) in [5.41, 5.74) is 3.59. The van der Waals surface area contributed by atoms with Crippen LogP contribution in [-0.2, 0) is 9.53 Å². The molecule has 1 aliphatic carbocycles. The summed E-state index contributed by atoms with van der Waals surface area (Å²) in [7, 11) is 1.45. The molecule has 126 valence electrons. The van der Waals surface area contributed by atoms with Crippen LogP contribution in [0.25, 0.3) is 5.57 Å². The van der Waals surface area contributed by atoms with Gasteiger partial charge in [0.1, 0.15) is 12.6 Å². The van der Waals surface area contributed by atoms with Gasteiger partial charge in [0.05, 0.1) is 18.7 Å². The molecule has 0 bridgehead atoms. The lowest BCUT2D eigenvalue weighted by molar-refractivity contribution is -0.150. The molecule has 2 aliphatic rings. The van der Waals surface area contributed by atoms with E-state index in [-0.39, 0.29) is 31.1 Å². The number of rotatable bonds is 5. The molecular formula is C19H22N2O3. The van der Waals surface area contributed by atoms with Gasteiger partial charge in [-0.25, -0.2) is 0 Å². The molecular weight excluding hydrogens is 304 g/mol. The van der Waals surface area contributed by atoms with Crippen LogP contribution in [0.2, 0.25) is 0 Å². The van der Waals surface area contributed by atoms with Crippen molar-refractivity contribution in [3.63, 3.8) is 0 Å². The molecule has 0 spiro atoms. The smallest absolute Gasteiger partial charge is 0.249 e. The highest BCUT2D eigenvalue weighted by molar-refractivity contribution is 5.80. The van der Waals surface area contributed by atoms with Gasteiger partial charge >= 0.3 is 0 Å². The average molecular weight is 326 g/mol. The van der Waals surface area contributed by atoms with E-state index in [1.54, 1.807) is 0 Å². The van der Waals surface area contributed by atoms with Crippen molar-refractivity contribution >= 4 is 11.5 Å². The number of likely N-dealkylation sites (tertiary alicyclic amines) is 1. The van der Waals surface area contributed by atoms with Crippen molar-refractivity contribution in [2.24, 2.45) is 0 Å². The number of nitrogens with zero attached hydrogens (tertiary/aromatic N) is 2. The second-order valence-electron chi connectivity index (χ2n) is 6.33. The molecule has 1 fully saturated rings. The molecule has 1 N–H and O–H groups in total. The van der Waals surface area contributed by atoms with Gasteiger partial charge in [0.2, 0.25) is 5.91 Å². The van der Waals surface area contributed by atoms with Gasteiger partial charge in [0.25, 0.3) is 0 Å². The zero-order valence-electron chi connectivity index (χ0n) is 13.8. The number of allylic oxidation sites excluding steroid dienone is 2. The number of nitriles is 1. The maximum atomic E-state index is 12.1. The van der Waals surface area contributed by atoms with Gasteiger partial charge in [-0.1, -0.05) is 30.3 Å². The van der Waals surface area contributed by atoms with E-state index in [1.165, 1.54) is 29.6 Å². The Labute approximate surface area is 142 Å². The van der Waals surface area contributed by atoms with E-state index in [1.807, 2.05) is 12.1 Å². The average Bonchev–Trinajstić information content (AvgIpc) is 3.10. The van der Waals surface area contributed by atoms with Crippen molar-refractivity contribution in [3.8, 4) is 6.07 Å². The fraction of sp³-hybridized carbons (Fsp3) is 0.474. The minimum Gasteiger partial charge on any atom is -0.394 e. The van der Waals surface area contributed by atoms with Crippen LogP contribution in [0.1, 0.15) is 36.3 Å². The largest absolute Gasteiger partial charge is 0.394 e. The van der Waals surface area contributed by atoms with Crippen LogP contribution in [0.4, 0.5) is 0 Å². The molecule has 1 saturated heterocycles. The molecule has 1 aromatic rings. The number of benzene rings is 1. The number of methoxy groups -OCH3 is 1. The van der Waals surface area contributed by atoms with Gasteiger partial charge in [-0.05, 0) is 36.0 Å². The van der Waals surface area contributed by atoms with Gasteiger partial charge in [-0.2, -0.15) is 5.26 Å². The van der Waals surface area contributed by atoms with Crippen LogP contribution in [0.15, 0.2) is 30.3 Å². The summed E-state index contributed by atoms with van der Waals surface area (Å²) in [5.74, 6) is -0.417. The van der Waals surface area contributed by atoms with Crippen LogP contribution in [0.5, 0.6) is 0 Å². The van der Waals surface area contributed by atoms with E-state index in [4.69, 9.17) is 4.74 Å². The summed E-state index contributed by atoms with van der Waals surface area (Å²) >= 11 is 0. The summed E-state index contributed by atoms with van der Waals surface area (Å²) in [6.45, 7) is -0.236. The quantitative estimate of drug-likeness (QED) is 0.899. The molecule has 0 aromatic heterocycles. The second-order valence-corrected chi connectivity index (χ2v) is 6.33. The highest BCUT2D eigenvalue weighted by Gasteiger charge is 2.51. The van der Waals surface area contributed by atoms with E-state index >= 15 is 0 Å². The molecule has 0 radical (unpaired) electrons. The van der Waals surface area contributed by atoms with Crippen molar-refractivity contribution in [3.05, 3.63) is 41.5 Å². The molecule has 5 nitrogen and oxygen atoms in total. The number of aliphatic hydroxyl groups is 1. The lowest BCUT2D eigenvalue weighted by Gasteiger charge is -2.51. The fourth-order valence-electron chi connectivity index (χ4n) is 3.80. The Hall–Kier alpha value is -2.16. The van der Waals surface area contributed by atoms with Gasteiger partial charge in [-0.3, -0.25) is 4.79 Å². The first-order valence-electron chi connectivity index (χ1n) is 8.31. The van der Waals surface area contributed by atoms with E-state index in [9.17, 15) is 15.2 Å². The van der Waals surface area contributed by atoms with E-state index in [2.05, 4.69) is 24.3 Å². The van der Waals surface area contributed by atoms with Gasteiger partial charge < -0.3 is 14.7 Å². The summed E-state index contributed by atoms with van der Waals surface area (Å²) in [6, 6.07) is 9.47. The van der Waals surface area contributed by atoms with Gasteiger partial charge in [0.15, 0.2) is 0 Å². The molecule has 5 heteroatoms. The lowest BCUT2D eigenvalue weighted by atomic mass is 9.75. The Morgan fingerprint density at radius 2 is 2.17 bits per heavy atom. The third-order valence-corrected chi connectivity index (χ3v) is 4.99. The number of ether oxygens (including phenoxy) is 1. The van der Waals surface area contributed by atoms with Crippen LogP contribution in [0.3, 0.4) is 0 Å². The van der Waals surface area contributed by atoms with Crippen LogP contribution < -0.4 is 0 Å². The third-order valence-electron chi connectivity index (χ3n) is 4.99. The zero-order chi connectivity index (χ0) is 17.1. The topological polar surface area (TPSA) is 73.6 Å². The molecule has 0 saturated carbocycles. The molecule has 3 rings (SSSR count). The summed E-state index contributed by atoms with van der Waals surface area (Å²) in [6.07, 6.45) is 5.74. The summed E-state index contributed by atoms with van der Waals surface area (Å²) in [4.78, 5) is 13.5. The number of carbonyl (C=O) groups excluding carboxylic acids is 1. The highest BCUT2D eigenvalue weighted by Crippen LogP contribution is 2.41. The third kappa shape index (κ3) is 2.83. The SMILES string of the molecule is COCC(=O)N1[C@H](C#N)[C@@H](c2ccc(C3=CCCC3)cc2)[C@H]1CO. The minimum atomic E-state index is -0.554. The molecule has 0 unspecified atom stereocenters. The molecule has 1 aromatic carbocycles. The Morgan fingerprint density at radius 3 is 2.71 bits per heavy atom. The highest BCUT2D eigenvalue weighted by atomic mass is 16.5. The maximum absolute atomic E-state index is 12.1. The van der Waals surface area contributed by atoms with Crippen LogP contribution in [0, 0.1) is 11.3 Å². The number of hydrogen-bond donors (Lipinski definition) is 1. The lowest BCUT2D eigenvalue weighted by Crippen LogP contribution is -2.65. The first kappa shape index (κ1) is 16.7. The van der Waals surface area contributed by atoms with Crippen molar-refractivity contribution in [2.75, 3.05) is 20.3 Å². The number of amides is 1. The molecule has 1 amide bonds. The fourth-order valence-corrected chi connectivity index (χ4v) is 3.80. The summed E-state index contributed by atoms with van der Waals surface area (Å²) < 4.78 is 4.87. The van der Waals surface area contributed by atoms with E-state index < -0.39 is 6.04 Å². The predicted molar refractivity (Wildman–Crippen MR) is 90.0 cm³/mol. The number of carbonyl (C=O) groups is 1. The van der Waals surface area contributed by atoms with Crippen LogP contribution >= 0.6 is 0 Å². The van der Waals surface area contributed by atoms with E-state index in [0.29, 0.717) is 0 Å². The van der Waals surface area contributed by atoms with Gasteiger partial charge in [0, 0.05) is 13.0 Å². The Bertz CT molecular complexity index is 675. The maximum Gasteiger partial charge on any atom is 0.249 e. The summed E-state index contributed by atoms with van der Waals surface area (Å²) in [5, 5.41) is 19.2. The van der Waals surface area contributed by atoms with Crippen molar-refractivity contribution in [2.45, 2.75) is 37.3 Å². The molecule has 1 heterocycles.